The highest BCUT2D eigenvalue weighted by molar-refractivity contribution is 8.22. The van der Waals surface area contributed by atoms with Crippen molar-refractivity contribution < 1.29 is 18.6 Å². The van der Waals surface area contributed by atoms with E-state index in [9.17, 15) is 9.11 Å². The van der Waals surface area contributed by atoms with Gasteiger partial charge in [-0.25, -0.2) is 0 Å². The van der Waals surface area contributed by atoms with Crippen molar-refractivity contribution in [1.82, 2.24) is 9.21 Å². The smallest absolute Gasteiger partial charge is 0.161 e. The van der Waals surface area contributed by atoms with Gasteiger partial charge in [0.1, 0.15) is 13.2 Å². The van der Waals surface area contributed by atoms with E-state index in [1.165, 1.54) is 0 Å². The molecule has 1 heterocycles. The summed E-state index contributed by atoms with van der Waals surface area (Å²) in [6.07, 6.45) is 1.85. The molecule has 8 heteroatoms. The van der Waals surface area contributed by atoms with Crippen molar-refractivity contribution in [1.29, 1.82) is 0 Å². The molecule has 3 aromatic rings. The van der Waals surface area contributed by atoms with Gasteiger partial charge < -0.3 is 14.4 Å². The van der Waals surface area contributed by atoms with Gasteiger partial charge in [0.15, 0.2) is 11.5 Å². The predicted octanol–water partition coefficient (Wildman–Crippen LogP) is 6.91. The minimum Gasteiger partial charge on any atom is -0.486 e. The van der Waals surface area contributed by atoms with Crippen molar-refractivity contribution in [2.24, 2.45) is 0 Å². The van der Waals surface area contributed by atoms with E-state index in [1.54, 1.807) is 10.4 Å². The number of rotatable bonds is 11. The first-order chi connectivity index (χ1) is 16.9. The summed E-state index contributed by atoms with van der Waals surface area (Å²) in [4.78, 5) is 2.89. The fourth-order valence-corrected chi connectivity index (χ4v) is 6.09. The molecule has 0 saturated carbocycles. The molecule has 2 N–H and O–H groups in total. The quantitative estimate of drug-likeness (QED) is 0.269. The van der Waals surface area contributed by atoms with Gasteiger partial charge in [-0.1, -0.05) is 43.6 Å². The maximum Gasteiger partial charge on any atom is 0.161 e. The lowest BCUT2D eigenvalue weighted by Gasteiger charge is -2.43. The second-order valence-corrected chi connectivity index (χ2v) is 11.2. The number of nitrogens with zero attached hydrogens (tertiary/aromatic N) is 2. The minimum atomic E-state index is -3.22. The van der Waals surface area contributed by atoms with Crippen LogP contribution in [0, 0.1) is 0 Å². The van der Waals surface area contributed by atoms with Gasteiger partial charge in [-0.2, -0.15) is 4.31 Å². The van der Waals surface area contributed by atoms with Crippen molar-refractivity contribution >= 4 is 33.1 Å². The lowest BCUT2D eigenvalue weighted by Crippen LogP contribution is -2.30. The molecule has 0 aromatic heterocycles. The summed E-state index contributed by atoms with van der Waals surface area (Å²) < 4.78 is 36.3. The van der Waals surface area contributed by atoms with Gasteiger partial charge in [0, 0.05) is 18.1 Å². The van der Waals surface area contributed by atoms with E-state index in [-0.39, 0.29) is 0 Å². The Balaban J connectivity index is 1.57. The summed E-state index contributed by atoms with van der Waals surface area (Å²) in [6, 6.07) is 17.0. The molecule has 3 aromatic carbocycles. The third-order valence-electron chi connectivity index (χ3n) is 6.44. The van der Waals surface area contributed by atoms with E-state index in [4.69, 9.17) is 21.1 Å². The molecule has 0 spiro atoms. The number of hydrogen-bond acceptors (Lipinski definition) is 6. The Kier molecular flexibility index (Phi) is 8.81. The van der Waals surface area contributed by atoms with Crippen LogP contribution in [0.25, 0.3) is 10.8 Å². The summed E-state index contributed by atoms with van der Waals surface area (Å²) in [5, 5.41) is 2.55. The van der Waals surface area contributed by atoms with Gasteiger partial charge in [0.2, 0.25) is 0 Å². The lowest BCUT2D eigenvalue weighted by atomic mass is 10.1. The monoisotopic (exact) mass is 518 g/mol. The standard InChI is InChI=1S/C27H35ClN2O4S/c1-3-29(4-2)13-5-6-14-30(20-21-7-12-26-27(17-21)34-16-15-33-26)35(31,32)25-11-9-22-18-24(28)10-8-23(22)19-25/h7-12,17-19,31-32H,3-6,13-16,20H2,1-2H3. The molecule has 0 saturated heterocycles. The summed E-state index contributed by atoms with van der Waals surface area (Å²) in [7, 11) is -3.22. The van der Waals surface area contributed by atoms with E-state index in [0.717, 1.165) is 54.6 Å². The Morgan fingerprint density at radius 2 is 1.51 bits per heavy atom. The molecule has 0 aliphatic carbocycles. The molecule has 4 rings (SSSR count). The maximum absolute atomic E-state index is 11.5. The SMILES string of the molecule is CCN(CC)CCCCN(Cc1ccc2c(c1)OCCO2)S(O)(O)c1ccc2cc(Cl)ccc2c1. The van der Waals surface area contributed by atoms with Crippen molar-refractivity contribution in [3.05, 3.63) is 65.2 Å². The fraction of sp³-hybridized carbons (Fsp3) is 0.407. The van der Waals surface area contributed by atoms with Gasteiger partial charge in [-0.05, 0) is 85.2 Å². The molecule has 0 atom stereocenters. The molecule has 35 heavy (non-hydrogen) atoms. The van der Waals surface area contributed by atoms with Gasteiger partial charge in [-0.3, -0.25) is 9.11 Å². The molecule has 1 aliphatic heterocycles. The molecule has 0 bridgehead atoms. The zero-order valence-electron chi connectivity index (χ0n) is 20.5. The van der Waals surface area contributed by atoms with Crippen LogP contribution in [0.4, 0.5) is 0 Å². The Labute approximate surface area is 214 Å². The Morgan fingerprint density at radius 3 is 2.29 bits per heavy atom. The second kappa shape index (κ2) is 11.8. The van der Waals surface area contributed by atoms with Crippen molar-refractivity contribution in [2.45, 2.75) is 38.1 Å². The van der Waals surface area contributed by atoms with E-state index in [0.29, 0.717) is 42.0 Å². The van der Waals surface area contributed by atoms with Crippen LogP contribution in [0.1, 0.15) is 32.3 Å². The summed E-state index contributed by atoms with van der Waals surface area (Å²) in [5.41, 5.74) is 0.950. The van der Waals surface area contributed by atoms with Gasteiger partial charge in [-0.15, -0.1) is 10.8 Å². The average Bonchev–Trinajstić information content (AvgIpc) is 2.87. The topological polar surface area (TPSA) is 65.4 Å². The summed E-state index contributed by atoms with van der Waals surface area (Å²) in [6.45, 7) is 9.39. The van der Waals surface area contributed by atoms with Crippen LogP contribution in [-0.4, -0.2) is 57.7 Å². The highest BCUT2D eigenvalue weighted by Gasteiger charge is 2.26. The second-order valence-electron chi connectivity index (χ2n) is 8.75. The number of hydrogen-bond donors (Lipinski definition) is 2. The molecule has 0 unspecified atom stereocenters. The van der Waals surface area contributed by atoms with Gasteiger partial charge >= 0.3 is 0 Å². The fourth-order valence-electron chi connectivity index (χ4n) is 4.36. The van der Waals surface area contributed by atoms with Crippen LogP contribution < -0.4 is 9.47 Å². The molecule has 0 radical (unpaired) electrons. The Bertz CT molecular complexity index is 1140. The van der Waals surface area contributed by atoms with Crippen molar-refractivity contribution in [3.8, 4) is 11.5 Å². The van der Waals surface area contributed by atoms with Crippen LogP contribution in [0.3, 0.4) is 0 Å². The number of ether oxygens (including phenoxy) is 2. The largest absolute Gasteiger partial charge is 0.486 e. The average molecular weight is 519 g/mol. The number of unbranched alkanes of at least 4 members (excludes halogenated alkanes) is 1. The number of fused-ring (bicyclic) bond motifs is 2. The third-order valence-corrected chi connectivity index (χ3v) is 8.60. The predicted molar refractivity (Wildman–Crippen MR) is 145 cm³/mol. The molecular formula is C27H35ClN2O4S. The first kappa shape index (κ1) is 26.1. The Hall–Kier alpha value is -2.00. The van der Waals surface area contributed by atoms with Crippen LogP contribution in [0.5, 0.6) is 11.5 Å². The number of halogens is 1. The van der Waals surface area contributed by atoms with E-state index in [1.807, 2.05) is 48.5 Å². The molecule has 0 fully saturated rings. The normalized spacial score (nSPS) is 14.1. The van der Waals surface area contributed by atoms with Crippen LogP contribution >= 0.6 is 22.4 Å². The van der Waals surface area contributed by atoms with Crippen molar-refractivity contribution in [2.75, 3.05) is 39.4 Å². The zero-order valence-corrected chi connectivity index (χ0v) is 22.0. The first-order valence-electron chi connectivity index (χ1n) is 12.2. The molecule has 1 aliphatic rings. The zero-order chi connectivity index (χ0) is 24.8. The maximum atomic E-state index is 11.5. The van der Waals surface area contributed by atoms with Crippen LogP contribution in [0.15, 0.2) is 59.5 Å². The van der Waals surface area contributed by atoms with Crippen molar-refractivity contribution in [3.63, 3.8) is 0 Å². The molecule has 190 valence electrons. The van der Waals surface area contributed by atoms with E-state index in [2.05, 4.69) is 18.7 Å². The molecule has 0 amide bonds. The van der Waals surface area contributed by atoms with Crippen LogP contribution in [0.2, 0.25) is 5.02 Å². The third kappa shape index (κ3) is 6.42. The highest BCUT2D eigenvalue weighted by atomic mass is 35.5. The minimum absolute atomic E-state index is 0.392. The summed E-state index contributed by atoms with van der Waals surface area (Å²) >= 11 is 6.13. The highest BCUT2D eigenvalue weighted by Crippen LogP contribution is 2.53. The Morgan fingerprint density at radius 1 is 0.829 bits per heavy atom. The number of benzene rings is 3. The first-order valence-corrected chi connectivity index (χ1v) is 14.1. The van der Waals surface area contributed by atoms with Crippen LogP contribution in [-0.2, 0) is 6.54 Å². The summed E-state index contributed by atoms with van der Waals surface area (Å²) in [5.74, 6) is 1.43. The molecular weight excluding hydrogens is 484 g/mol. The van der Waals surface area contributed by atoms with E-state index >= 15 is 0 Å². The van der Waals surface area contributed by atoms with Gasteiger partial charge in [0.25, 0.3) is 0 Å². The van der Waals surface area contributed by atoms with E-state index < -0.39 is 10.8 Å². The lowest BCUT2D eigenvalue weighted by molar-refractivity contribution is 0.171. The van der Waals surface area contributed by atoms with Gasteiger partial charge in [0.05, 0.1) is 4.90 Å². The molecule has 6 nitrogen and oxygen atoms in total.